The second-order valence-electron chi connectivity index (χ2n) is 11.2. The molecule has 3 aliphatic rings. The number of para-hydroxylation sites is 1. The smallest absolute Gasteiger partial charge is 0.247 e. The molecule has 7 atom stereocenters. The predicted molar refractivity (Wildman–Crippen MR) is 171 cm³/mol. The van der Waals surface area contributed by atoms with Crippen molar-refractivity contribution in [2.24, 2.45) is 11.8 Å². The molecule has 9 heteroatoms. The van der Waals surface area contributed by atoms with Gasteiger partial charge in [0.25, 0.3) is 0 Å². The number of benzene rings is 2. The van der Waals surface area contributed by atoms with Crippen LogP contribution in [0.2, 0.25) is 0 Å². The van der Waals surface area contributed by atoms with Crippen LogP contribution in [0.3, 0.4) is 0 Å². The van der Waals surface area contributed by atoms with Crippen molar-refractivity contribution in [3.05, 3.63) is 91.5 Å². The van der Waals surface area contributed by atoms with E-state index >= 15 is 0 Å². The number of carbonyl (C=O) groups excluding carboxylic acids is 3. The van der Waals surface area contributed by atoms with Gasteiger partial charge in [-0.2, -0.15) is 0 Å². The Bertz CT molecular complexity index is 1320. The molecule has 0 saturated carbocycles. The molecule has 3 unspecified atom stereocenters. The Morgan fingerprint density at radius 3 is 2.33 bits per heavy atom. The monoisotopic (exact) mass is 651 g/mol. The van der Waals surface area contributed by atoms with E-state index in [4.69, 9.17) is 0 Å². The second-order valence-corrected chi connectivity index (χ2v) is 13.9. The van der Waals surface area contributed by atoms with E-state index in [0.29, 0.717) is 32.5 Å². The maximum absolute atomic E-state index is 14.7. The zero-order chi connectivity index (χ0) is 30.0. The number of likely N-dealkylation sites (tertiary alicyclic amines) is 1. The predicted octanol–water partition coefficient (Wildman–Crippen LogP) is 4.66. The molecule has 0 aliphatic carbocycles. The molecule has 1 spiro atoms. The van der Waals surface area contributed by atoms with Gasteiger partial charge in [0.05, 0.1) is 29.2 Å². The molecular weight excluding hydrogens is 614 g/mol. The number of rotatable bonds is 12. The highest BCUT2D eigenvalue weighted by atomic mass is 79.9. The van der Waals surface area contributed by atoms with Gasteiger partial charge in [-0.3, -0.25) is 14.4 Å². The molecule has 3 amide bonds. The lowest BCUT2D eigenvalue weighted by Gasteiger charge is -2.40. The van der Waals surface area contributed by atoms with Gasteiger partial charge in [-0.1, -0.05) is 83.5 Å². The van der Waals surface area contributed by atoms with Crippen LogP contribution in [0.4, 0.5) is 5.69 Å². The largest absolute Gasteiger partial charge is 0.394 e. The average Bonchev–Trinajstić information content (AvgIpc) is 3.60. The fourth-order valence-corrected chi connectivity index (χ4v) is 10.6. The molecule has 2 aromatic carbocycles. The maximum Gasteiger partial charge on any atom is 0.247 e. The van der Waals surface area contributed by atoms with E-state index in [0.717, 1.165) is 11.3 Å². The molecule has 2 bridgehead atoms. The second kappa shape index (κ2) is 12.8. The fraction of sp³-hybridized carbons (Fsp3) is 0.424. The number of thioether (sulfide) groups is 1. The summed E-state index contributed by atoms with van der Waals surface area (Å²) >= 11 is 5.47. The third-order valence-electron chi connectivity index (χ3n) is 8.84. The Kier molecular flexibility index (Phi) is 9.30. The van der Waals surface area contributed by atoms with E-state index in [-0.39, 0.29) is 34.4 Å². The first-order valence-corrected chi connectivity index (χ1v) is 16.3. The molecule has 3 heterocycles. The third kappa shape index (κ3) is 5.13. The lowest BCUT2D eigenvalue weighted by atomic mass is 9.70. The number of aliphatic hydroxyl groups is 1. The minimum atomic E-state index is -0.812. The van der Waals surface area contributed by atoms with E-state index in [1.165, 1.54) is 0 Å². The van der Waals surface area contributed by atoms with Crippen molar-refractivity contribution < 1.29 is 19.5 Å². The molecule has 5 rings (SSSR count). The van der Waals surface area contributed by atoms with Crippen LogP contribution < -0.4 is 4.90 Å². The maximum atomic E-state index is 14.7. The number of alkyl halides is 1. The van der Waals surface area contributed by atoms with Crippen molar-refractivity contribution in [2.75, 3.05) is 24.6 Å². The zero-order valence-corrected chi connectivity index (χ0v) is 26.3. The zero-order valence-electron chi connectivity index (χ0n) is 23.8. The first-order chi connectivity index (χ1) is 20.3. The molecular formula is C33H38BrN3O4S. The Labute approximate surface area is 260 Å². The highest BCUT2D eigenvalue weighted by Gasteiger charge is 2.76. The van der Waals surface area contributed by atoms with Crippen LogP contribution in [0.15, 0.2) is 86.0 Å². The van der Waals surface area contributed by atoms with Crippen LogP contribution in [0, 0.1) is 11.8 Å². The summed E-state index contributed by atoms with van der Waals surface area (Å²) in [6.07, 6.45) is 4.47. The lowest BCUT2D eigenvalue weighted by molar-refractivity contribution is -0.146. The molecule has 3 saturated heterocycles. The number of fused-ring (bicyclic) bond motifs is 1. The number of nitrogens with zero attached hydrogens (tertiary/aromatic N) is 3. The number of anilines is 1. The summed E-state index contributed by atoms with van der Waals surface area (Å²) in [6.45, 7) is 10.4. The first kappa shape index (κ1) is 30.6. The van der Waals surface area contributed by atoms with Crippen LogP contribution in [-0.2, 0) is 20.9 Å². The number of amides is 3. The highest BCUT2D eigenvalue weighted by molar-refractivity contribution is 9.09. The van der Waals surface area contributed by atoms with Crippen molar-refractivity contribution in [1.29, 1.82) is 0 Å². The molecule has 2 aromatic rings. The normalized spacial score (nSPS) is 28.3. The van der Waals surface area contributed by atoms with Gasteiger partial charge in [-0.25, -0.2) is 0 Å². The SMILES string of the molecule is C=CCN(Cc1ccccc1)C(=O)C1N([C@@H](CC)CO)C(=O)[C@@H]2[C@@H](C(=O)N(CC=C)c3ccccc3)[C@@H]3SC12CC3Br. The molecule has 42 heavy (non-hydrogen) atoms. The molecule has 0 radical (unpaired) electrons. The molecule has 222 valence electrons. The van der Waals surface area contributed by atoms with Crippen molar-refractivity contribution in [3.8, 4) is 0 Å². The van der Waals surface area contributed by atoms with Crippen molar-refractivity contribution in [3.63, 3.8) is 0 Å². The molecule has 0 aromatic heterocycles. The first-order valence-electron chi connectivity index (χ1n) is 14.5. The van der Waals surface area contributed by atoms with Crippen LogP contribution in [0.25, 0.3) is 0 Å². The number of hydrogen-bond donors (Lipinski definition) is 1. The quantitative estimate of drug-likeness (QED) is 0.267. The number of aliphatic hydroxyl groups excluding tert-OH is 1. The van der Waals surface area contributed by atoms with Crippen molar-refractivity contribution in [2.45, 2.75) is 53.2 Å². The average molecular weight is 653 g/mol. The summed E-state index contributed by atoms with van der Waals surface area (Å²) in [5.74, 6) is -1.83. The fourth-order valence-electron chi connectivity index (χ4n) is 7.04. The molecule has 1 N–H and O–H groups in total. The number of hydrogen-bond acceptors (Lipinski definition) is 5. The lowest BCUT2D eigenvalue weighted by Crippen LogP contribution is -2.57. The van der Waals surface area contributed by atoms with Crippen molar-refractivity contribution >= 4 is 51.1 Å². The third-order valence-corrected chi connectivity index (χ3v) is 12.1. The van der Waals surface area contributed by atoms with E-state index in [1.54, 1.807) is 38.6 Å². The van der Waals surface area contributed by atoms with Gasteiger partial charge in [0.15, 0.2) is 0 Å². The van der Waals surface area contributed by atoms with Gasteiger partial charge in [-0.05, 0) is 30.5 Å². The Balaban J connectivity index is 1.58. The topological polar surface area (TPSA) is 81.2 Å². The van der Waals surface area contributed by atoms with Crippen LogP contribution in [0.5, 0.6) is 0 Å². The summed E-state index contributed by atoms with van der Waals surface area (Å²) in [6, 6.07) is 17.8. The number of carbonyl (C=O) groups is 3. The van der Waals surface area contributed by atoms with Crippen molar-refractivity contribution in [1.82, 2.24) is 9.80 Å². The van der Waals surface area contributed by atoms with Gasteiger partial charge in [0, 0.05) is 35.4 Å². The van der Waals surface area contributed by atoms with Gasteiger partial charge in [-0.15, -0.1) is 24.9 Å². The molecule has 7 nitrogen and oxygen atoms in total. The summed E-state index contributed by atoms with van der Waals surface area (Å²) in [5, 5.41) is 10.2. The number of halogens is 1. The van der Waals surface area contributed by atoms with E-state index in [2.05, 4.69) is 29.1 Å². The minimum absolute atomic E-state index is 0.0479. The van der Waals surface area contributed by atoms with Gasteiger partial charge >= 0.3 is 0 Å². The van der Waals surface area contributed by atoms with Crippen LogP contribution >= 0.6 is 27.7 Å². The summed E-state index contributed by atoms with van der Waals surface area (Å²) < 4.78 is -0.803. The highest BCUT2D eigenvalue weighted by Crippen LogP contribution is 2.68. The van der Waals surface area contributed by atoms with Gasteiger partial charge in [0.2, 0.25) is 17.7 Å². The standard InChI is InChI=1S/C33H38BrN3O4S/c1-4-17-35(20-22-13-9-7-10-14-22)32(41)29-33-19-25(34)28(42-33)26(27(33)31(40)37(29)23(6-3)21-38)30(39)36(18-5-2)24-15-11-8-12-16-24/h4-5,7-16,23,25-29,38H,1-2,6,17-21H2,3H3/t23-,25?,26+,27-,28+,29?,33?/m0/s1. The van der Waals surface area contributed by atoms with Gasteiger partial charge in [0.1, 0.15) is 6.04 Å². The minimum Gasteiger partial charge on any atom is -0.394 e. The summed E-state index contributed by atoms with van der Waals surface area (Å²) in [7, 11) is 0. The Hall–Kier alpha value is -2.88. The molecule has 3 fully saturated rings. The summed E-state index contributed by atoms with van der Waals surface area (Å²) in [5.41, 5.74) is 1.72. The van der Waals surface area contributed by atoms with E-state index < -0.39 is 28.7 Å². The van der Waals surface area contributed by atoms with Gasteiger partial charge < -0.3 is 19.8 Å². The Morgan fingerprint density at radius 2 is 1.74 bits per heavy atom. The van der Waals surface area contributed by atoms with Crippen LogP contribution in [-0.4, -0.2) is 79.2 Å². The van der Waals surface area contributed by atoms with Crippen LogP contribution in [0.1, 0.15) is 25.3 Å². The van der Waals surface area contributed by atoms with E-state index in [9.17, 15) is 19.5 Å². The van der Waals surface area contributed by atoms with E-state index in [1.807, 2.05) is 67.6 Å². The summed E-state index contributed by atoms with van der Waals surface area (Å²) in [4.78, 5) is 48.7. The Morgan fingerprint density at radius 1 is 1.10 bits per heavy atom. The molecule has 3 aliphatic heterocycles.